The van der Waals surface area contributed by atoms with Gasteiger partial charge in [-0.05, 0) is 170 Å². The van der Waals surface area contributed by atoms with Crippen molar-refractivity contribution >= 4 is 65.2 Å². The Balaban J connectivity index is 1.18. The molecule has 0 unspecified atom stereocenters. The maximum atomic E-state index is 2.49. The van der Waals surface area contributed by atoms with Gasteiger partial charge in [0, 0.05) is 32.9 Å². The summed E-state index contributed by atoms with van der Waals surface area (Å²) in [5, 5.41) is 10.1. The number of aromatic nitrogens is 2. The second kappa shape index (κ2) is 14.5. The van der Waals surface area contributed by atoms with E-state index < -0.39 is 0 Å². The third-order valence-electron chi connectivity index (χ3n) is 13.4. The molecule has 0 fully saturated rings. The van der Waals surface area contributed by atoms with E-state index in [1.807, 2.05) is 0 Å². The van der Waals surface area contributed by atoms with Gasteiger partial charge in [0.1, 0.15) is 0 Å². The van der Waals surface area contributed by atoms with Crippen LogP contribution in [0.5, 0.6) is 0 Å². The van der Waals surface area contributed by atoms with E-state index in [4.69, 9.17) is 0 Å². The average molecular weight is 807 g/mol. The van der Waals surface area contributed by atoms with Gasteiger partial charge in [-0.25, -0.2) is 0 Å². The van der Waals surface area contributed by atoms with Crippen LogP contribution in [0.15, 0.2) is 200 Å². The molecule has 0 atom stereocenters. The van der Waals surface area contributed by atoms with Crippen molar-refractivity contribution in [2.45, 2.75) is 33.6 Å². The standard InChI is InChI=1S/C61H46N2/c1-38(2)41-25-26-61-57(34-41)54-21-11-14-24-60(54)63(61)51-33-47(32-50(37-51)62-58-22-12-9-19-52(58)53-20-10-13-23-59(53)62)46-29-48(55-35-44-17-7-5-15-42(44)27-39(55)3)31-49(30-46)56-36-45-18-8-6-16-43(45)28-40(56)4/h5-38H,1-4H3. The predicted molar refractivity (Wildman–Crippen MR) is 270 cm³/mol. The number of nitrogens with zero attached hydrogens (tertiary/aromatic N) is 2. The van der Waals surface area contributed by atoms with Crippen molar-refractivity contribution in [3.63, 3.8) is 0 Å². The van der Waals surface area contributed by atoms with Crippen molar-refractivity contribution in [2.75, 3.05) is 0 Å². The molecule has 0 aliphatic heterocycles. The van der Waals surface area contributed by atoms with Crippen molar-refractivity contribution < 1.29 is 0 Å². The second-order valence-corrected chi connectivity index (χ2v) is 17.7. The average Bonchev–Trinajstić information content (AvgIpc) is 3.83. The lowest BCUT2D eigenvalue weighted by atomic mass is 9.88. The third-order valence-corrected chi connectivity index (χ3v) is 13.4. The molecule has 2 aromatic heterocycles. The number of benzene rings is 10. The molecule has 0 aliphatic carbocycles. The Kier molecular flexibility index (Phi) is 8.52. The van der Waals surface area contributed by atoms with Gasteiger partial charge < -0.3 is 9.13 Å². The van der Waals surface area contributed by atoms with Crippen LogP contribution in [0.4, 0.5) is 0 Å². The van der Waals surface area contributed by atoms with Crippen molar-refractivity contribution in [1.29, 1.82) is 0 Å². The molecule has 63 heavy (non-hydrogen) atoms. The molecule has 2 heterocycles. The molecule has 12 aromatic rings. The van der Waals surface area contributed by atoms with Gasteiger partial charge in [-0.1, -0.05) is 135 Å². The van der Waals surface area contributed by atoms with Crippen LogP contribution in [0.3, 0.4) is 0 Å². The summed E-state index contributed by atoms with van der Waals surface area (Å²) < 4.78 is 4.95. The van der Waals surface area contributed by atoms with Gasteiger partial charge in [0.2, 0.25) is 0 Å². The molecular weight excluding hydrogens is 761 g/mol. The number of aryl methyl sites for hydroxylation is 2. The normalized spacial score (nSPS) is 12.0. The zero-order valence-corrected chi connectivity index (χ0v) is 36.0. The first-order chi connectivity index (χ1) is 30.9. The van der Waals surface area contributed by atoms with Crippen molar-refractivity contribution in [1.82, 2.24) is 9.13 Å². The smallest absolute Gasteiger partial charge is 0.0541 e. The molecule has 0 saturated heterocycles. The molecule has 2 nitrogen and oxygen atoms in total. The Labute approximate surface area is 367 Å². The van der Waals surface area contributed by atoms with Crippen molar-refractivity contribution in [2.24, 2.45) is 0 Å². The molecule has 0 spiro atoms. The Morgan fingerprint density at radius 1 is 0.317 bits per heavy atom. The molecule has 300 valence electrons. The van der Waals surface area contributed by atoms with Crippen LogP contribution in [0.25, 0.3) is 110 Å². The Hall–Kier alpha value is -7.68. The van der Waals surface area contributed by atoms with E-state index in [1.165, 1.54) is 110 Å². The van der Waals surface area contributed by atoms with E-state index in [1.54, 1.807) is 0 Å². The zero-order valence-electron chi connectivity index (χ0n) is 36.0. The molecular formula is C61H46N2. The van der Waals surface area contributed by atoms with Crippen molar-refractivity contribution in [3.05, 3.63) is 217 Å². The summed E-state index contributed by atoms with van der Waals surface area (Å²) in [5.41, 5.74) is 18.2. The summed E-state index contributed by atoms with van der Waals surface area (Å²) in [6, 6.07) is 75.0. The van der Waals surface area contributed by atoms with Gasteiger partial charge in [-0.2, -0.15) is 0 Å². The summed E-state index contributed by atoms with van der Waals surface area (Å²) in [7, 11) is 0. The van der Waals surface area contributed by atoms with Gasteiger partial charge in [-0.3, -0.25) is 0 Å². The van der Waals surface area contributed by atoms with E-state index in [2.05, 4.69) is 237 Å². The first-order valence-corrected chi connectivity index (χ1v) is 22.2. The van der Waals surface area contributed by atoms with Crippen LogP contribution >= 0.6 is 0 Å². The lowest BCUT2D eigenvalue weighted by molar-refractivity contribution is 0.868. The highest BCUT2D eigenvalue weighted by Gasteiger charge is 2.20. The summed E-state index contributed by atoms with van der Waals surface area (Å²) in [6.45, 7) is 9.07. The van der Waals surface area contributed by atoms with Crippen molar-refractivity contribution in [3.8, 4) is 44.8 Å². The molecule has 0 bridgehead atoms. The molecule has 0 radical (unpaired) electrons. The number of hydrogen-bond donors (Lipinski definition) is 0. The number of fused-ring (bicyclic) bond motifs is 8. The summed E-state index contributed by atoms with van der Waals surface area (Å²) in [6.07, 6.45) is 0. The maximum absolute atomic E-state index is 2.49. The predicted octanol–water partition coefficient (Wildman–Crippen LogP) is 16.9. The lowest BCUT2D eigenvalue weighted by Gasteiger charge is -2.18. The Morgan fingerprint density at radius 3 is 1.17 bits per heavy atom. The lowest BCUT2D eigenvalue weighted by Crippen LogP contribution is -2.00. The highest BCUT2D eigenvalue weighted by atomic mass is 15.0. The fourth-order valence-electron chi connectivity index (χ4n) is 10.3. The number of hydrogen-bond acceptors (Lipinski definition) is 0. The Bertz CT molecular complexity index is 3640. The van der Waals surface area contributed by atoms with E-state index in [0.29, 0.717) is 5.92 Å². The molecule has 0 aliphatic rings. The van der Waals surface area contributed by atoms with E-state index in [-0.39, 0.29) is 0 Å². The van der Waals surface area contributed by atoms with Crippen LogP contribution in [-0.4, -0.2) is 9.13 Å². The number of rotatable bonds is 6. The minimum atomic E-state index is 0.431. The molecule has 12 rings (SSSR count). The monoisotopic (exact) mass is 806 g/mol. The highest BCUT2D eigenvalue weighted by molar-refractivity contribution is 6.11. The van der Waals surface area contributed by atoms with Gasteiger partial charge >= 0.3 is 0 Å². The van der Waals surface area contributed by atoms with Crippen LogP contribution in [0, 0.1) is 13.8 Å². The van der Waals surface area contributed by atoms with Gasteiger partial charge in [0.15, 0.2) is 0 Å². The fraction of sp³-hybridized carbons (Fsp3) is 0.0820. The first kappa shape index (κ1) is 37.1. The number of para-hydroxylation sites is 3. The summed E-state index contributed by atoms with van der Waals surface area (Å²) in [4.78, 5) is 0. The molecule has 2 heteroatoms. The third kappa shape index (κ3) is 6.09. The topological polar surface area (TPSA) is 9.86 Å². The maximum Gasteiger partial charge on any atom is 0.0541 e. The van der Waals surface area contributed by atoms with Gasteiger partial charge in [-0.15, -0.1) is 0 Å². The minimum Gasteiger partial charge on any atom is -0.309 e. The summed E-state index contributed by atoms with van der Waals surface area (Å²) >= 11 is 0. The van der Waals surface area contributed by atoms with Crippen LogP contribution in [0.1, 0.15) is 36.5 Å². The molecule has 0 amide bonds. The SMILES string of the molecule is Cc1cc2ccccc2cc1-c1cc(-c2cc(-n3c4ccccc4c4ccccc43)cc(-n3c4ccccc4c4cc(C(C)C)ccc43)c2)cc(-c2cc3ccccc3cc2C)c1. The van der Waals surface area contributed by atoms with E-state index in [9.17, 15) is 0 Å². The Morgan fingerprint density at radius 2 is 0.698 bits per heavy atom. The molecule has 0 saturated carbocycles. The van der Waals surface area contributed by atoms with Crippen LogP contribution in [-0.2, 0) is 0 Å². The molecule has 10 aromatic carbocycles. The fourth-order valence-corrected chi connectivity index (χ4v) is 10.3. The molecule has 0 N–H and O–H groups in total. The van der Waals surface area contributed by atoms with E-state index >= 15 is 0 Å². The van der Waals surface area contributed by atoms with E-state index in [0.717, 1.165) is 16.9 Å². The van der Waals surface area contributed by atoms with Crippen LogP contribution in [0.2, 0.25) is 0 Å². The largest absolute Gasteiger partial charge is 0.309 e. The highest BCUT2D eigenvalue weighted by Crippen LogP contribution is 2.42. The quantitative estimate of drug-likeness (QED) is 0.158. The van der Waals surface area contributed by atoms with Gasteiger partial charge in [0.25, 0.3) is 0 Å². The second-order valence-electron chi connectivity index (χ2n) is 17.7. The van der Waals surface area contributed by atoms with Crippen LogP contribution < -0.4 is 0 Å². The summed E-state index contributed by atoms with van der Waals surface area (Å²) in [5.74, 6) is 0.431. The first-order valence-electron chi connectivity index (χ1n) is 22.2. The van der Waals surface area contributed by atoms with Gasteiger partial charge in [0.05, 0.1) is 22.1 Å². The zero-order chi connectivity index (χ0) is 42.3. The minimum absolute atomic E-state index is 0.431.